The summed E-state index contributed by atoms with van der Waals surface area (Å²) in [5.74, 6) is 2.85. The van der Waals surface area contributed by atoms with Crippen molar-refractivity contribution >= 4 is 0 Å². The zero-order valence-corrected chi connectivity index (χ0v) is 12.6. The van der Waals surface area contributed by atoms with E-state index in [1.807, 2.05) is 0 Å². The second-order valence-electron chi connectivity index (χ2n) is 6.21. The number of furan rings is 1. The van der Waals surface area contributed by atoms with Crippen molar-refractivity contribution in [1.82, 2.24) is 10.2 Å². The Labute approximate surface area is 117 Å². The van der Waals surface area contributed by atoms with Gasteiger partial charge in [-0.2, -0.15) is 0 Å². The number of piperidine rings is 1. The molecule has 0 spiro atoms. The van der Waals surface area contributed by atoms with Crippen LogP contribution in [0.3, 0.4) is 0 Å². The zero-order chi connectivity index (χ0) is 13.7. The Balaban J connectivity index is 1.79. The first-order chi connectivity index (χ1) is 9.15. The standard InChI is InChI=1S/C16H28N2O/c1-13(2)10-17-11-15-7-8-16(19-15)12-18-9-5-4-6-14(18)3/h7-8,13-14,17H,4-6,9-12H2,1-3H3. The topological polar surface area (TPSA) is 28.4 Å². The molecule has 1 N–H and O–H groups in total. The van der Waals surface area contributed by atoms with Crippen LogP contribution < -0.4 is 5.32 Å². The van der Waals surface area contributed by atoms with Crippen LogP contribution >= 0.6 is 0 Å². The lowest BCUT2D eigenvalue weighted by Crippen LogP contribution is -2.36. The Hall–Kier alpha value is -0.800. The lowest BCUT2D eigenvalue weighted by Gasteiger charge is -2.32. The summed E-state index contributed by atoms with van der Waals surface area (Å²) < 4.78 is 5.91. The fourth-order valence-corrected chi connectivity index (χ4v) is 2.68. The molecule has 1 aliphatic heterocycles. The van der Waals surface area contributed by atoms with E-state index in [-0.39, 0.29) is 0 Å². The molecule has 1 atom stereocenters. The van der Waals surface area contributed by atoms with Gasteiger partial charge in [0.15, 0.2) is 0 Å². The predicted octanol–water partition coefficient (Wildman–Crippen LogP) is 3.40. The van der Waals surface area contributed by atoms with Crippen LogP contribution in [0.1, 0.15) is 51.6 Å². The first-order valence-electron chi connectivity index (χ1n) is 7.67. The Kier molecular flexibility index (Phi) is 5.46. The minimum absolute atomic E-state index is 0.684. The molecule has 1 aliphatic rings. The average Bonchev–Trinajstić information content (AvgIpc) is 2.79. The van der Waals surface area contributed by atoms with E-state index in [4.69, 9.17) is 4.42 Å². The average molecular weight is 264 g/mol. The van der Waals surface area contributed by atoms with E-state index >= 15 is 0 Å². The zero-order valence-electron chi connectivity index (χ0n) is 12.6. The van der Waals surface area contributed by atoms with Gasteiger partial charge in [-0.15, -0.1) is 0 Å². The Bertz CT molecular complexity index is 373. The number of likely N-dealkylation sites (tertiary alicyclic amines) is 1. The molecule has 1 aromatic heterocycles. The van der Waals surface area contributed by atoms with E-state index in [2.05, 4.69) is 43.1 Å². The predicted molar refractivity (Wildman–Crippen MR) is 79.0 cm³/mol. The van der Waals surface area contributed by atoms with Crippen molar-refractivity contribution in [2.24, 2.45) is 5.92 Å². The quantitative estimate of drug-likeness (QED) is 0.853. The van der Waals surface area contributed by atoms with Gasteiger partial charge in [0.25, 0.3) is 0 Å². The van der Waals surface area contributed by atoms with Gasteiger partial charge in [-0.25, -0.2) is 0 Å². The summed E-state index contributed by atoms with van der Waals surface area (Å²) in [5, 5.41) is 3.42. The molecule has 1 aromatic rings. The van der Waals surface area contributed by atoms with E-state index in [1.165, 1.54) is 25.8 Å². The molecule has 19 heavy (non-hydrogen) atoms. The van der Waals surface area contributed by atoms with Gasteiger partial charge in [0.2, 0.25) is 0 Å². The summed E-state index contributed by atoms with van der Waals surface area (Å²) in [7, 11) is 0. The first-order valence-corrected chi connectivity index (χ1v) is 7.67. The highest BCUT2D eigenvalue weighted by Crippen LogP contribution is 2.20. The highest BCUT2D eigenvalue weighted by molar-refractivity contribution is 5.07. The highest BCUT2D eigenvalue weighted by Gasteiger charge is 2.19. The maximum absolute atomic E-state index is 5.91. The molecule has 2 heterocycles. The Morgan fingerprint density at radius 2 is 2.11 bits per heavy atom. The second-order valence-corrected chi connectivity index (χ2v) is 6.21. The normalized spacial score (nSPS) is 21.2. The van der Waals surface area contributed by atoms with E-state index in [1.54, 1.807) is 0 Å². The van der Waals surface area contributed by atoms with Gasteiger partial charge in [-0.1, -0.05) is 20.3 Å². The molecule has 0 saturated carbocycles. The van der Waals surface area contributed by atoms with E-state index < -0.39 is 0 Å². The smallest absolute Gasteiger partial charge is 0.118 e. The summed E-state index contributed by atoms with van der Waals surface area (Å²) >= 11 is 0. The number of rotatable bonds is 6. The van der Waals surface area contributed by atoms with E-state index in [9.17, 15) is 0 Å². The molecule has 3 nitrogen and oxygen atoms in total. The molecule has 0 aromatic carbocycles. The van der Waals surface area contributed by atoms with Crippen molar-refractivity contribution in [3.8, 4) is 0 Å². The van der Waals surface area contributed by atoms with E-state index in [0.717, 1.165) is 31.2 Å². The van der Waals surface area contributed by atoms with Crippen molar-refractivity contribution in [2.45, 2.75) is 59.2 Å². The van der Waals surface area contributed by atoms with Gasteiger partial charge in [-0.05, 0) is 50.9 Å². The number of nitrogens with zero attached hydrogens (tertiary/aromatic N) is 1. The number of hydrogen-bond acceptors (Lipinski definition) is 3. The lowest BCUT2D eigenvalue weighted by molar-refractivity contribution is 0.141. The van der Waals surface area contributed by atoms with Crippen LogP contribution in [0.2, 0.25) is 0 Å². The van der Waals surface area contributed by atoms with Crippen molar-refractivity contribution < 1.29 is 4.42 Å². The molecule has 0 amide bonds. The summed E-state index contributed by atoms with van der Waals surface area (Å²) in [6, 6.07) is 4.94. The molecule has 1 fully saturated rings. The van der Waals surface area contributed by atoms with Crippen molar-refractivity contribution in [3.05, 3.63) is 23.7 Å². The van der Waals surface area contributed by atoms with Gasteiger partial charge in [0.05, 0.1) is 13.1 Å². The third-order valence-corrected chi connectivity index (χ3v) is 3.87. The third-order valence-electron chi connectivity index (χ3n) is 3.87. The highest BCUT2D eigenvalue weighted by atomic mass is 16.3. The van der Waals surface area contributed by atoms with Gasteiger partial charge in [0.1, 0.15) is 11.5 Å². The fraction of sp³-hybridized carbons (Fsp3) is 0.750. The molecule has 3 heteroatoms. The summed E-state index contributed by atoms with van der Waals surface area (Å²) in [4.78, 5) is 2.54. The minimum atomic E-state index is 0.684. The summed E-state index contributed by atoms with van der Waals surface area (Å²) in [5.41, 5.74) is 0. The van der Waals surface area contributed by atoms with Gasteiger partial charge in [-0.3, -0.25) is 4.90 Å². The molecular weight excluding hydrogens is 236 g/mol. The maximum atomic E-state index is 5.91. The van der Waals surface area contributed by atoms with Crippen LogP contribution in [0.15, 0.2) is 16.5 Å². The fourth-order valence-electron chi connectivity index (χ4n) is 2.68. The Morgan fingerprint density at radius 3 is 2.84 bits per heavy atom. The van der Waals surface area contributed by atoms with Gasteiger partial charge < -0.3 is 9.73 Å². The van der Waals surface area contributed by atoms with E-state index in [0.29, 0.717) is 12.0 Å². The maximum Gasteiger partial charge on any atom is 0.118 e. The molecule has 2 rings (SSSR count). The largest absolute Gasteiger partial charge is 0.463 e. The minimum Gasteiger partial charge on any atom is -0.463 e. The Morgan fingerprint density at radius 1 is 1.32 bits per heavy atom. The third kappa shape index (κ3) is 4.66. The first kappa shape index (κ1) is 14.6. The molecule has 1 saturated heterocycles. The second kappa shape index (κ2) is 7.11. The number of hydrogen-bond donors (Lipinski definition) is 1. The molecule has 0 bridgehead atoms. The van der Waals surface area contributed by atoms with Crippen LogP contribution in [0.4, 0.5) is 0 Å². The lowest BCUT2D eigenvalue weighted by atomic mass is 10.0. The van der Waals surface area contributed by atoms with Crippen LogP contribution in [-0.4, -0.2) is 24.0 Å². The molecule has 108 valence electrons. The molecule has 0 aliphatic carbocycles. The van der Waals surface area contributed by atoms with Crippen molar-refractivity contribution in [1.29, 1.82) is 0 Å². The summed E-state index contributed by atoms with van der Waals surface area (Å²) in [6.07, 6.45) is 4.03. The summed E-state index contributed by atoms with van der Waals surface area (Å²) in [6.45, 7) is 10.8. The monoisotopic (exact) mass is 264 g/mol. The van der Waals surface area contributed by atoms with Gasteiger partial charge in [0, 0.05) is 6.04 Å². The van der Waals surface area contributed by atoms with Crippen LogP contribution in [0.5, 0.6) is 0 Å². The van der Waals surface area contributed by atoms with Crippen LogP contribution in [0, 0.1) is 5.92 Å². The van der Waals surface area contributed by atoms with Crippen LogP contribution in [0.25, 0.3) is 0 Å². The SMILES string of the molecule is CC(C)CNCc1ccc(CN2CCCCC2C)o1. The van der Waals surface area contributed by atoms with Crippen molar-refractivity contribution in [2.75, 3.05) is 13.1 Å². The molecule has 0 radical (unpaired) electrons. The molecule has 1 unspecified atom stereocenters. The van der Waals surface area contributed by atoms with Gasteiger partial charge >= 0.3 is 0 Å². The molecular formula is C16H28N2O. The number of nitrogens with one attached hydrogen (secondary N) is 1. The van der Waals surface area contributed by atoms with Crippen molar-refractivity contribution in [3.63, 3.8) is 0 Å². The van der Waals surface area contributed by atoms with Crippen LogP contribution in [-0.2, 0) is 13.1 Å².